The van der Waals surface area contributed by atoms with Gasteiger partial charge in [-0.05, 0) is 74.6 Å². The van der Waals surface area contributed by atoms with Crippen molar-refractivity contribution < 1.29 is 8.42 Å². The molecule has 0 unspecified atom stereocenters. The van der Waals surface area contributed by atoms with Gasteiger partial charge in [0.25, 0.3) is 0 Å². The first-order valence-corrected chi connectivity index (χ1v) is 9.00. The van der Waals surface area contributed by atoms with Crippen LogP contribution in [-0.4, -0.2) is 14.0 Å². The fourth-order valence-electron chi connectivity index (χ4n) is 3.07. The molecular weight excluding hydrogens is 284 g/mol. The molecule has 4 nitrogen and oxygen atoms in total. The predicted octanol–water partition coefficient (Wildman–Crippen LogP) is 2.54. The van der Waals surface area contributed by atoms with E-state index >= 15 is 0 Å². The first-order chi connectivity index (χ1) is 9.94. The maximum absolute atomic E-state index is 12.6. The Morgan fingerprint density at radius 1 is 1.24 bits per heavy atom. The zero-order valence-corrected chi connectivity index (χ0v) is 13.0. The molecule has 0 aliphatic heterocycles. The Hall–Kier alpha value is -1.38. The van der Waals surface area contributed by atoms with Gasteiger partial charge in [0.1, 0.15) is 5.54 Å². The van der Waals surface area contributed by atoms with Crippen molar-refractivity contribution in [3.05, 3.63) is 29.3 Å². The summed E-state index contributed by atoms with van der Waals surface area (Å²) in [4.78, 5) is 0.283. The van der Waals surface area contributed by atoms with E-state index in [-0.39, 0.29) is 10.8 Å². The first-order valence-electron chi connectivity index (χ1n) is 7.52. The van der Waals surface area contributed by atoms with E-state index in [4.69, 9.17) is 0 Å². The molecule has 2 aliphatic rings. The van der Waals surface area contributed by atoms with E-state index in [9.17, 15) is 13.7 Å². The van der Waals surface area contributed by atoms with Crippen LogP contribution in [0.2, 0.25) is 0 Å². The highest BCUT2D eigenvalue weighted by molar-refractivity contribution is 7.89. The lowest BCUT2D eigenvalue weighted by Crippen LogP contribution is -2.46. The first kappa shape index (κ1) is 14.6. The standard InChI is InChI=1S/C16H20N2O2S/c1-16(11-17,14-7-8-14)18-21(19,20)15-9-6-12-4-2-3-5-13(12)10-15/h6,9-10,14,18H,2-5,7-8H2,1H3/t16-/m0/s1. The highest BCUT2D eigenvalue weighted by Gasteiger charge is 2.44. The molecule has 21 heavy (non-hydrogen) atoms. The smallest absolute Gasteiger partial charge is 0.207 e. The second-order valence-electron chi connectivity index (χ2n) is 6.33. The number of hydrogen-bond donors (Lipinski definition) is 1. The van der Waals surface area contributed by atoms with Crippen molar-refractivity contribution in [2.24, 2.45) is 5.92 Å². The molecule has 0 saturated heterocycles. The van der Waals surface area contributed by atoms with Crippen LogP contribution in [0.25, 0.3) is 0 Å². The molecule has 1 aromatic carbocycles. The number of rotatable bonds is 4. The average molecular weight is 304 g/mol. The van der Waals surface area contributed by atoms with Crippen LogP contribution in [0.5, 0.6) is 0 Å². The van der Waals surface area contributed by atoms with Crippen LogP contribution in [0, 0.1) is 17.2 Å². The molecule has 1 N–H and O–H groups in total. The lowest BCUT2D eigenvalue weighted by molar-refractivity contribution is 0.458. The van der Waals surface area contributed by atoms with Gasteiger partial charge in [-0.1, -0.05) is 6.07 Å². The summed E-state index contributed by atoms with van der Waals surface area (Å²) in [6.07, 6.45) is 6.08. The van der Waals surface area contributed by atoms with Gasteiger partial charge in [-0.3, -0.25) is 0 Å². The van der Waals surface area contributed by atoms with Crippen molar-refractivity contribution in [2.45, 2.75) is 55.9 Å². The van der Waals surface area contributed by atoms with Gasteiger partial charge in [-0.25, -0.2) is 8.42 Å². The van der Waals surface area contributed by atoms with Crippen molar-refractivity contribution in [3.8, 4) is 6.07 Å². The fraction of sp³-hybridized carbons (Fsp3) is 0.562. The molecule has 0 heterocycles. The number of benzene rings is 1. The Bertz CT molecular complexity index is 701. The number of nitrogens with zero attached hydrogens (tertiary/aromatic N) is 1. The minimum absolute atomic E-state index is 0.134. The van der Waals surface area contributed by atoms with Crippen molar-refractivity contribution in [1.29, 1.82) is 5.26 Å². The van der Waals surface area contributed by atoms with Crippen molar-refractivity contribution in [2.75, 3.05) is 0 Å². The number of fused-ring (bicyclic) bond motifs is 1. The van der Waals surface area contributed by atoms with Gasteiger partial charge >= 0.3 is 0 Å². The maximum atomic E-state index is 12.6. The minimum Gasteiger partial charge on any atom is -0.207 e. The highest BCUT2D eigenvalue weighted by atomic mass is 32.2. The van der Waals surface area contributed by atoms with Crippen LogP contribution in [-0.2, 0) is 22.9 Å². The van der Waals surface area contributed by atoms with E-state index in [1.54, 1.807) is 19.1 Å². The largest absolute Gasteiger partial charge is 0.241 e. The van der Waals surface area contributed by atoms with Gasteiger partial charge in [0, 0.05) is 0 Å². The molecule has 2 aliphatic carbocycles. The third kappa shape index (κ3) is 2.83. The Balaban J connectivity index is 1.90. The molecule has 5 heteroatoms. The molecule has 0 amide bonds. The molecule has 0 bridgehead atoms. The summed E-state index contributed by atoms with van der Waals surface area (Å²) < 4.78 is 27.7. The van der Waals surface area contributed by atoms with E-state index in [2.05, 4.69) is 10.8 Å². The van der Waals surface area contributed by atoms with Crippen LogP contribution < -0.4 is 4.72 Å². The lowest BCUT2D eigenvalue weighted by Gasteiger charge is -2.23. The summed E-state index contributed by atoms with van der Waals surface area (Å²) in [5.74, 6) is 0.134. The molecular formula is C16H20N2O2S. The topological polar surface area (TPSA) is 70.0 Å². The van der Waals surface area contributed by atoms with Gasteiger partial charge in [-0.15, -0.1) is 0 Å². The van der Waals surface area contributed by atoms with Crippen LogP contribution in [0.1, 0.15) is 43.7 Å². The van der Waals surface area contributed by atoms with Crippen molar-refractivity contribution >= 4 is 10.0 Å². The predicted molar refractivity (Wildman–Crippen MR) is 80.1 cm³/mol. The number of sulfonamides is 1. The molecule has 1 fully saturated rings. The third-order valence-electron chi connectivity index (χ3n) is 4.60. The van der Waals surface area contributed by atoms with Gasteiger partial charge < -0.3 is 0 Å². The zero-order valence-electron chi connectivity index (χ0n) is 12.2. The molecule has 1 aromatic rings. The normalized spacial score (nSPS) is 21.1. The average Bonchev–Trinajstić information content (AvgIpc) is 3.31. The van der Waals surface area contributed by atoms with Crippen LogP contribution in [0.15, 0.2) is 23.1 Å². The van der Waals surface area contributed by atoms with Crippen LogP contribution >= 0.6 is 0 Å². The SMILES string of the molecule is C[C@@](C#N)(NS(=O)(=O)c1ccc2c(c1)CCCC2)C1CC1. The molecule has 112 valence electrons. The summed E-state index contributed by atoms with van der Waals surface area (Å²) in [5, 5.41) is 9.32. The summed E-state index contributed by atoms with van der Waals surface area (Å²) in [7, 11) is -3.64. The summed E-state index contributed by atoms with van der Waals surface area (Å²) in [6, 6.07) is 7.50. The maximum Gasteiger partial charge on any atom is 0.241 e. The van der Waals surface area contributed by atoms with Crippen molar-refractivity contribution in [1.82, 2.24) is 4.72 Å². The van der Waals surface area contributed by atoms with E-state index in [1.165, 1.54) is 12.0 Å². The molecule has 0 aromatic heterocycles. The van der Waals surface area contributed by atoms with Gasteiger partial charge in [0.2, 0.25) is 10.0 Å². The summed E-state index contributed by atoms with van der Waals surface area (Å²) in [5.41, 5.74) is 1.40. The summed E-state index contributed by atoms with van der Waals surface area (Å²) >= 11 is 0. The summed E-state index contributed by atoms with van der Waals surface area (Å²) in [6.45, 7) is 1.68. The molecule has 1 atom stereocenters. The van der Waals surface area contributed by atoms with E-state index in [0.717, 1.165) is 37.7 Å². The van der Waals surface area contributed by atoms with Crippen LogP contribution in [0.3, 0.4) is 0 Å². The minimum atomic E-state index is -3.64. The molecule has 1 saturated carbocycles. The van der Waals surface area contributed by atoms with E-state index in [0.29, 0.717) is 0 Å². The number of aryl methyl sites for hydroxylation is 2. The molecule has 3 rings (SSSR count). The van der Waals surface area contributed by atoms with Crippen LogP contribution in [0.4, 0.5) is 0 Å². The third-order valence-corrected chi connectivity index (χ3v) is 6.17. The zero-order chi connectivity index (χ0) is 15.1. The van der Waals surface area contributed by atoms with Gasteiger partial charge in [0.05, 0.1) is 11.0 Å². The Morgan fingerprint density at radius 2 is 1.90 bits per heavy atom. The Kier molecular flexibility index (Phi) is 3.54. The lowest BCUT2D eigenvalue weighted by atomic mass is 9.92. The highest BCUT2D eigenvalue weighted by Crippen LogP contribution is 2.40. The van der Waals surface area contributed by atoms with E-state index < -0.39 is 15.6 Å². The van der Waals surface area contributed by atoms with Crippen molar-refractivity contribution in [3.63, 3.8) is 0 Å². The second-order valence-corrected chi connectivity index (χ2v) is 8.01. The number of hydrogen-bond acceptors (Lipinski definition) is 3. The monoisotopic (exact) mass is 304 g/mol. The number of nitrogens with one attached hydrogen (secondary N) is 1. The quantitative estimate of drug-likeness (QED) is 0.929. The second kappa shape index (κ2) is 5.11. The Labute approximate surface area is 126 Å². The number of nitriles is 1. The van der Waals surface area contributed by atoms with E-state index in [1.807, 2.05) is 6.07 Å². The molecule has 0 radical (unpaired) electrons. The fourth-order valence-corrected chi connectivity index (χ4v) is 4.51. The van der Waals surface area contributed by atoms with Gasteiger partial charge in [-0.2, -0.15) is 9.98 Å². The van der Waals surface area contributed by atoms with Gasteiger partial charge in [0.15, 0.2) is 0 Å². The Morgan fingerprint density at radius 3 is 2.52 bits per heavy atom. The molecule has 0 spiro atoms.